The lowest BCUT2D eigenvalue weighted by atomic mass is 10.1. The molecule has 3 heteroatoms. The van der Waals surface area contributed by atoms with Crippen molar-refractivity contribution in [1.29, 1.82) is 0 Å². The highest BCUT2D eigenvalue weighted by Crippen LogP contribution is 2.29. The second-order valence-electron chi connectivity index (χ2n) is 4.10. The van der Waals surface area contributed by atoms with Gasteiger partial charge in [-0.3, -0.25) is 9.80 Å². The third-order valence-corrected chi connectivity index (χ3v) is 3.08. The summed E-state index contributed by atoms with van der Waals surface area (Å²) in [6.07, 6.45) is 2.84. The van der Waals surface area contributed by atoms with E-state index in [1.54, 1.807) is 0 Å². The normalized spacial score (nSPS) is 26.2. The molecule has 0 amide bonds. The lowest BCUT2D eigenvalue weighted by Crippen LogP contribution is -2.59. The second-order valence-corrected chi connectivity index (χ2v) is 4.10. The number of likely N-dealkylation sites (N-methyl/N-ethyl adjacent to an activating group) is 1. The highest BCUT2D eigenvalue weighted by atomic mass is 15.3. The fourth-order valence-electron chi connectivity index (χ4n) is 1.95. The number of nitrogens with two attached hydrogens (primary N) is 1. The summed E-state index contributed by atoms with van der Waals surface area (Å²) in [5.74, 6) is 0. The van der Waals surface area contributed by atoms with Crippen molar-refractivity contribution in [1.82, 2.24) is 9.80 Å². The molecule has 1 aliphatic heterocycles. The molecule has 0 bridgehead atoms. The minimum absolute atomic E-state index is 0.805. The fraction of sp³-hybridized carbons (Fsp3) is 1.00. The summed E-state index contributed by atoms with van der Waals surface area (Å²) >= 11 is 0. The van der Waals surface area contributed by atoms with Gasteiger partial charge in [0, 0.05) is 38.3 Å². The summed E-state index contributed by atoms with van der Waals surface area (Å²) in [5.41, 5.74) is 5.48. The van der Waals surface area contributed by atoms with Crippen LogP contribution in [-0.4, -0.2) is 55.1 Å². The molecule has 2 rings (SSSR count). The van der Waals surface area contributed by atoms with E-state index in [1.165, 1.54) is 25.9 Å². The molecule has 2 aliphatic rings. The number of likely N-dealkylation sites (tertiary alicyclic amines) is 1. The van der Waals surface area contributed by atoms with Gasteiger partial charge in [-0.05, 0) is 19.9 Å². The smallest absolute Gasteiger partial charge is 0.0350 e. The van der Waals surface area contributed by atoms with E-state index >= 15 is 0 Å². The van der Waals surface area contributed by atoms with Crippen LogP contribution in [0.5, 0.6) is 0 Å². The van der Waals surface area contributed by atoms with E-state index in [-0.39, 0.29) is 0 Å². The first-order valence-corrected chi connectivity index (χ1v) is 4.95. The van der Waals surface area contributed by atoms with Gasteiger partial charge in [0.25, 0.3) is 0 Å². The molecule has 1 heterocycles. The van der Waals surface area contributed by atoms with Crippen molar-refractivity contribution in [3.05, 3.63) is 0 Å². The Labute approximate surface area is 74.5 Å². The number of hydrogen-bond acceptors (Lipinski definition) is 3. The Morgan fingerprint density at radius 3 is 2.50 bits per heavy atom. The Balaban J connectivity index is 1.66. The molecule has 0 aromatic rings. The molecule has 0 atom stereocenters. The summed E-state index contributed by atoms with van der Waals surface area (Å²) < 4.78 is 0. The molecule has 0 aromatic carbocycles. The third-order valence-electron chi connectivity index (χ3n) is 3.08. The van der Waals surface area contributed by atoms with Crippen LogP contribution in [0.4, 0.5) is 0 Å². The van der Waals surface area contributed by atoms with Crippen LogP contribution in [0.3, 0.4) is 0 Å². The molecule has 2 fully saturated rings. The van der Waals surface area contributed by atoms with Gasteiger partial charge in [-0.1, -0.05) is 0 Å². The molecule has 0 spiro atoms. The summed E-state index contributed by atoms with van der Waals surface area (Å²) in [7, 11) is 2.27. The van der Waals surface area contributed by atoms with Crippen LogP contribution in [0.15, 0.2) is 0 Å². The zero-order valence-electron chi connectivity index (χ0n) is 7.87. The Bertz CT molecular complexity index is 150. The van der Waals surface area contributed by atoms with Crippen LogP contribution in [-0.2, 0) is 0 Å². The van der Waals surface area contributed by atoms with Gasteiger partial charge in [0.1, 0.15) is 0 Å². The average molecular weight is 169 g/mol. The van der Waals surface area contributed by atoms with Gasteiger partial charge in [0.15, 0.2) is 0 Å². The van der Waals surface area contributed by atoms with Crippen LogP contribution in [0.2, 0.25) is 0 Å². The maximum atomic E-state index is 5.48. The van der Waals surface area contributed by atoms with Gasteiger partial charge < -0.3 is 5.73 Å². The van der Waals surface area contributed by atoms with Gasteiger partial charge in [0.05, 0.1) is 0 Å². The molecule has 3 nitrogen and oxygen atoms in total. The molecule has 1 saturated heterocycles. The fourth-order valence-corrected chi connectivity index (χ4v) is 1.95. The van der Waals surface area contributed by atoms with E-state index in [0.29, 0.717) is 0 Å². The Morgan fingerprint density at radius 2 is 2.00 bits per heavy atom. The molecule has 70 valence electrons. The molecule has 0 aromatic heterocycles. The molecular weight excluding hydrogens is 150 g/mol. The van der Waals surface area contributed by atoms with Crippen LogP contribution < -0.4 is 5.73 Å². The van der Waals surface area contributed by atoms with E-state index in [1.807, 2.05) is 0 Å². The van der Waals surface area contributed by atoms with Crippen molar-refractivity contribution in [2.45, 2.75) is 24.9 Å². The first-order chi connectivity index (χ1) is 5.81. The minimum Gasteiger partial charge on any atom is -0.329 e. The van der Waals surface area contributed by atoms with Crippen LogP contribution in [0.25, 0.3) is 0 Å². The molecule has 1 aliphatic carbocycles. The van der Waals surface area contributed by atoms with E-state index in [0.717, 1.165) is 25.2 Å². The summed E-state index contributed by atoms with van der Waals surface area (Å²) in [6, 6.07) is 1.74. The topological polar surface area (TPSA) is 32.5 Å². The molecule has 0 unspecified atom stereocenters. The van der Waals surface area contributed by atoms with Crippen LogP contribution >= 0.6 is 0 Å². The first kappa shape index (κ1) is 8.48. The molecule has 1 saturated carbocycles. The quantitative estimate of drug-likeness (QED) is 0.628. The Kier molecular flexibility index (Phi) is 2.35. The maximum absolute atomic E-state index is 5.48. The van der Waals surface area contributed by atoms with Crippen molar-refractivity contribution in [2.24, 2.45) is 5.73 Å². The zero-order valence-corrected chi connectivity index (χ0v) is 7.87. The van der Waals surface area contributed by atoms with Crippen molar-refractivity contribution in [3.63, 3.8) is 0 Å². The van der Waals surface area contributed by atoms with Crippen molar-refractivity contribution < 1.29 is 0 Å². The highest BCUT2D eigenvalue weighted by Gasteiger charge is 2.36. The molecule has 2 N–H and O–H groups in total. The van der Waals surface area contributed by atoms with E-state index in [2.05, 4.69) is 16.8 Å². The van der Waals surface area contributed by atoms with Gasteiger partial charge in [-0.25, -0.2) is 0 Å². The highest BCUT2D eigenvalue weighted by molar-refractivity contribution is 4.93. The summed E-state index contributed by atoms with van der Waals surface area (Å²) in [5, 5.41) is 0. The monoisotopic (exact) mass is 169 g/mol. The SMILES string of the molecule is CN(C1CC1)C1CN(CCN)C1. The average Bonchev–Trinajstić information content (AvgIpc) is 2.76. The molecule has 12 heavy (non-hydrogen) atoms. The minimum atomic E-state index is 0.805. The van der Waals surface area contributed by atoms with Gasteiger partial charge >= 0.3 is 0 Å². The van der Waals surface area contributed by atoms with Gasteiger partial charge in [0.2, 0.25) is 0 Å². The number of rotatable bonds is 4. The van der Waals surface area contributed by atoms with E-state index < -0.39 is 0 Å². The maximum Gasteiger partial charge on any atom is 0.0350 e. The van der Waals surface area contributed by atoms with E-state index in [9.17, 15) is 0 Å². The van der Waals surface area contributed by atoms with Crippen molar-refractivity contribution in [3.8, 4) is 0 Å². The lowest BCUT2D eigenvalue weighted by molar-refractivity contribution is 0.0475. The summed E-state index contributed by atoms with van der Waals surface area (Å²) in [4.78, 5) is 4.98. The number of hydrogen-bond donors (Lipinski definition) is 1. The Morgan fingerprint density at radius 1 is 1.33 bits per heavy atom. The van der Waals surface area contributed by atoms with Crippen LogP contribution in [0.1, 0.15) is 12.8 Å². The van der Waals surface area contributed by atoms with Crippen molar-refractivity contribution in [2.75, 3.05) is 33.2 Å². The largest absolute Gasteiger partial charge is 0.329 e. The number of nitrogens with zero attached hydrogens (tertiary/aromatic N) is 2. The second kappa shape index (κ2) is 3.32. The van der Waals surface area contributed by atoms with E-state index in [4.69, 9.17) is 5.73 Å². The van der Waals surface area contributed by atoms with Crippen molar-refractivity contribution >= 4 is 0 Å². The van der Waals surface area contributed by atoms with Crippen LogP contribution in [0, 0.1) is 0 Å². The van der Waals surface area contributed by atoms with Gasteiger partial charge in [-0.2, -0.15) is 0 Å². The zero-order chi connectivity index (χ0) is 8.55. The lowest BCUT2D eigenvalue weighted by Gasteiger charge is -2.44. The summed E-state index contributed by atoms with van der Waals surface area (Å²) in [6.45, 7) is 4.36. The third kappa shape index (κ3) is 1.63. The standard InChI is InChI=1S/C9H19N3/c1-11(8-2-3-8)9-6-12(7-9)5-4-10/h8-9H,2-7,10H2,1H3. The van der Waals surface area contributed by atoms with Gasteiger partial charge in [-0.15, -0.1) is 0 Å². The molecule has 0 radical (unpaired) electrons. The molecular formula is C9H19N3. The Hall–Kier alpha value is -0.120. The first-order valence-electron chi connectivity index (χ1n) is 4.95. The predicted octanol–water partition coefficient (Wildman–Crippen LogP) is -0.276. The predicted molar refractivity (Wildman–Crippen MR) is 50.1 cm³/mol.